The van der Waals surface area contributed by atoms with Gasteiger partial charge < -0.3 is 14.6 Å². The van der Waals surface area contributed by atoms with Crippen LogP contribution in [0, 0.1) is 19.8 Å². The van der Waals surface area contributed by atoms with E-state index in [1.165, 1.54) is 13.0 Å². The average molecular weight is 648 g/mol. The summed E-state index contributed by atoms with van der Waals surface area (Å²) in [5.41, 5.74) is 3.87. The smallest absolute Gasteiger partial charge is 0.450 e. The molecule has 248 valence electrons. The van der Waals surface area contributed by atoms with Crippen molar-refractivity contribution < 1.29 is 27.2 Å². The second-order valence-electron chi connectivity index (χ2n) is 13.9. The van der Waals surface area contributed by atoms with Crippen LogP contribution in [-0.2, 0) is 18.0 Å². The third-order valence-corrected chi connectivity index (χ3v) is 9.12. The lowest BCUT2D eigenvalue weighted by atomic mass is 9.85. The number of nitrogens with one attached hydrogen (secondary N) is 2. The Kier molecular flexibility index (Phi) is 8.44. The Morgan fingerprint density at radius 2 is 1.62 bits per heavy atom. The van der Waals surface area contributed by atoms with Gasteiger partial charge in [-0.1, -0.05) is 50.6 Å². The van der Waals surface area contributed by atoms with Gasteiger partial charge in [0.15, 0.2) is 0 Å². The summed E-state index contributed by atoms with van der Waals surface area (Å²) >= 11 is 0. The number of aryl methyl sites for hydroxylation is 2. The number of amides is 3. The van der Waals surface area contributed by atoms with E-state index in [-0.39, 0.29) is 29.2 Å². The molecule has 8 nitrogen and oxygen atoms in total. The molecule has 0 spiro atoms. The Morgan fingerprint density at radius 1 is 0.936 bits per heavy atom. The summed E-state index contributed by atoms with van der Waals surface area (Å²) in [4.78, 5) is 28.2. The molecule has 11 heteroatoms. The molecule has 2 saturated heterocycles. The van der Waals surface area contributed by atoms with E-state index >= 15 is 0 Å². The van der Waals surface area contributed by atoms with Crippen molar-refractivity contribution in [2.45, 2.75) is 90.4 Å². The van der Waals surface area contributed by atoms with Crippen LogP contribution < -0.4 is 10.6 Å². The lowest BCUT2D eigenvalue weighted by Crippen LogP contribution is -2.47. The van der Waals surface area contributed by atoms with E-state index < -0.39 is 29.4 Å². The van der Waals surface area contributed by atoms with Crippen LogP contribution >= 0.6 is 0 Å². The molecular formula is C36H40F3N5O3. The maximum atomic E-state index is 13.6. The maximum absolute atomic E-state index is 13.6. The minimum Gasteiger partial charge on any atom is -0.456 e. The first-order valence-electron chi connectivity index (χ1n) is 16.0. The zero-order valence-electron chi connectivity index (χ0n) is 27.2. The normalized spacial score (nSPS) is 19.6. The summed E-state index contributed by atoms with van der Waals surface area (Å²) in [5.74, 6) is -0.943. The zero-order chi connectivity index (χ0) is 33.7. The molecule has 2 atom stereocenters. The summed E-state index contributed by atoms with van der Waals surface area (Å²) in [6.45, 7) is 9.65. The first kappa shape index (κ1) is 32.4. The molecule has 3 amide bonds. The molecule has 2 aromatic carbocycles. The Morgan fingerprint density at radius 3 is 2.26 bits per heavy atom. The highest BCUT2D eigenvalue weighted by molar-refractivity contribution is 5.99. The Bertz CT molecular complexity index is 1770. The topological polar surface area (TPSA) is 92.4 Å². The summed E-state index contributed by atoms with van der Waals surface area (Å²) < 4.78 is 47.3. The van der Waals surface area contributed by atoms with Crippen molar-refractivity contribution in [3.8, 4) is 5.69 Å². The van der Waals surface area contributed by atoms with Gasteiger partial charge in [0.05, 0.1) is 16.9 Å². The third-order valence-electron chi connectivity index (χ3n) is 9.12. The van der Waals surface area contributed by atoms with Gasteiger partial charge in [-0.05, 0) is 87.8 Å². The predicted octanol–water partition coefficient (Wildman–Crippen LogP) is 8.67. The average Bonchev–Trinajstić information content (AvgIpc) is 3.67. The van der Waals surface area contributed by atoms with Gasteiger partial charge in [-0.3, -0.25) is 10.1 Å². The first-order valence-corrected chi connectivity index (χ1v) is 16.0. The van der Waals surface area contributed by atoms with Crippen LogP contribution in [0.2, 0.25) is 0 Å². The number of urea groups is 1. The van der Waals surface area contributed by atoms with Gasteiger partial charge in [-0.15, -0.1) is 0 Å². The molecule has 0 saturated carbocycles. The number of furan rings is 1. The number of fused-ring (bicyclic) bond motifs is 2. The molecule has 2 aliphatic heterocycles. The first-order chi connectivity index (χ1) is 22.2. The van der Waals surface area contributed by atoms with Gasteiger partial charge in [0, 0.05) is 29.3 Å². The fourth-order valence-corrected chi connectivity index (χ4v) is 6.92. The van der Waals surface area contributed by atoms with Crippen molar-refractivity contribution in [3.63, 3.8) is 0 Å². The predicted molar refractivity (Wildman–Crippen MR) is 174 cm³/mol. The SMILES string of the molecule is Cc1ccc(-n2nc(C(C)(C)C)cc2NC(=O)Nc2cccc(CC3CC4CCC(C3)N4C(=O)c3cc(C)oc3C(F)(F)F)c2)cc1. The number of carbonyl (C=O) groups excluding carboxylic acids is 2. The van der Waals surface area contributed by atoms with Crippen LogP contribution in [-0.4, -0.2) is 38.7 Å². The molecule has 2 fully saturated rings. The fraction of sp³-hybridized carbons (Fsp3) is 0.417. The second kappa shape index (κ2) is 12.2. The van der Waals surface area contributed by atoms with Crippen LogP contribution in [0.25, 0.3) is 5.69 Å². The maximum Gasteiger partial charge on any atom is 0.450 e. The molecule has 0 aliphatic carbocycles. The number of aromatic nitrogens is 2. The van der Waals surface area contributed by atoms with E-state index in [1.807, 2.05) is 61.5 Å². The van der Waals surface area contributed by atoms with Gasteiger partial charge in [-0.25, -0.2) is 9.48 Å². The van der Waals surface area contributed by atoms with E-state index in [0.717, 1.165) is 41.8 Å². The molecule has 0 radical (unpaired) electrons. The van der Waals surface area contributed by atoms with Gasteiger partial charge in [0.1, 0.15) is 11.6 Å². The fourth-order valence-electron chi connectivity index (χ4n) is 6.92. The van der Waals surface area contributed by atoms with Crippen LogP contribution in [0.15, 0.2) is 65.1 Å². The number of benzene rings is 2. The number of alkyl halides is 3. The molecule has 4 heterocycles. The van der Waals surface area contributed by atoms with Gasteiger partial charge in [-0.2, -0.15) is 18.3 Å². The number of rotatable bonds is 6. The number of anilines is 2. The third kappa shape index (κ3) is 6.94. The molecule has 2 N–H and O–H groups in total. The Balaban J connectivity index is 1.11. The largest absolute Gasteiger partial charge is 0.456 e. The molecule has 2 bridgehead atoms. The molecule has 2 aromatic heterocycles. The zero-order valence-corrected chi connectivity index (χ0v) is 27.2. The molecule has 47 heavy (non-hydrogen) atoms. The van der Waals surface area contributed by atoms with E-state index in [9.17, 15) is 22.8 Å². The number of piperidine rings is 1. The Labute approximate surface area is 272 Å². The summed E-state index contributed by atoms with van der Waals surface area (Å²) in [7, 11) is 0. The monoisotopic (exact) mass is 647 g/mol. The van der Waals surface area contributed by atoms with Gasteiger partial charge in [0.2, 0.25) is 5.76 Å². The highest BCUT2D eigenvalue weighted by Gasteiger charge is 2.47. The summed E-state index contributed by atoms with van der Waals surface area (Å²) in [6, 6.07) is 18.1. The lowest BCUT2D eigenvalue weighted by molar-refractivity contribution is -0.153. The summed E-state index contributed by atoms with van der Waals surface area (Å²) in [6.07, 6.45) is -1.05. The minimum atomic E-state index is -4.73. The van der Waals surface area contributed by atoms with Crippen LogP contribution in [0.4, 0.5) is 29.5 Å². The number of halogens is 3. The minimum absolute atomic E-state index is 0.0663. The van der Waals surface area contributed by atoms with Crippen molar-refractivity contribution in [3.05, 3.63) is 94.6 Å². The molecule has 6 rings (SSSR count). The van der Waals surface area contributed by atoms with Crippen LogP contribution in [0.1, 0.15) is 85.2 Å². The van der Waals surface area contributed by atoms with Crippen molar-refractivity contribution in [1.29, 1.82) is 0 Å². The van der Waals surface area contributed by atoms with Crippen LogP contribution in [0.3, 0.4) is 0 Å². The van der Waals surface area contributed by atoms with Crippen molar-refractivity contribution >= 4 is 23.4 Å². The van der Waals surface area contributed by atoms with E-state index in [4.69, 9.17) is 9.52 Å². The van der Waals surface area contributed by atoms with Crippen LogP contribution in [0.5, 0.6) is 0 Å². The number of carbonyl (C=O) groups is 2. The van der Waals surface area contributed by atoms with Gasteiger partial charge >= 0.3 is 12.2 Å². The second-order valence-corrected chi connectivity index (χ2v) is 13.9. The van der Waals surface area contributed by atoms with Crippen molar-refractivity contribution in [2.75, 3.05) is 10.6 Å². The lowest BCUT2D eigenvalue weighted by Gasteiger charge is -2.39. The molecule has 4 aromatic rings. The number of hydrogen-bond acceptors (Lipinski definition) is 4. The van der Waals surface area contributed by atoms with E-state index in [2.05, 4.69) is 31.4 Å². The highest BCUT2D eigenvalue weighted by Crippen LogP contribution is 2.43. The molecule has 2 aliphatic rings. The highest BCUT2D eigenvalue weighted by atomic mass is 19.4. The molecule has 2 unspecified atom stereocenters. The van der Waals surface area contributed by atoms with E-state index in [0.29, 0.717) is 24.3 Å². The van der Waals surface area contributed by atoms with Crippen molar-refractivity contribution in [2.24, 2.45) is 5.92 Å². The number of nitrogens with zero attached hydrogens (tertiary/aromatic N) is 3. The standard InChI is InChI=1S/C36H40F3N5O3/c1-21-9-11-26(12-10-21)44-31(20-30(42-44)35(3,4)5)41-34(46)40-25-8-6-7-23(17-25)16-24-18-27-13-14-28(19-24)43(27)33(45)29-15-22(2)47-32(29)36(37,38)39/h6-12,15,17,20,24,27-28H,13-14,16,18-19H2,1-5H3,(H2,40,41,46). The quantitative estimate of drug-likeness (QED) is 0.219. The van der Waals surface area contributed by atoms with E-state index in [1.54, 1.807) is 9.58 Å². The Hall–Kier alpha value is -4.54. The van der Waals surface area contributed by atoms with Gasteiger partial charge in [0.25, 0.3) is 5.91 Å². The summed E-state index contributed by atoms with van der Waals surface area (Å²) in [5, 5.41) is 10.7. The molecular weight excluding hydrogens is 607 g/mol. The number of hydrogen-bond donors (Lipinski definition) is 2. The van der Waals surface area contributed by atoms with Crippen molar-refractivity contribution in [1.82, 2.24) is 14.7 Å².